The van der Waals surface area contributed by atoms with Crippen molar-refractivity contribution in [2.24, 2.45) is 5.73 Å². The van der Waals surface area contributed by atoms with Gasteiger partial charge in [-0.05, 0) is 50.3 Å². The summed E-state index contributed by atoms with van der Waals surface area (Å²) in [5, 5.41) is 9.99. The Morgan fingerprint density at radius 2 is 1.94 bits per heavy atom. The highest BCUT2D eigenvalue weighted by atomic mass is 19.1. The lowest BCUT2D eigenvalue weighted by Crippen LogP contribution is -2.44. The molecule has 3 N–H and O–H groups in total. The zero-order valence-corrected chi connectivity index (χ0v) is 10.2. The third-order valence-electron chi connectivity index (χ3n) is 4.11. The van der Waals surface area contributed by atoms with E-state index in [1.54, 1.807) is 12.1 Å². The van der Waals surface area contributed by atoms with Crippen molar-refractivity contribution in [3.63, 3.8) is 0 Å². The molecule has 0 saturated heterocycles. The molecular formula is C14H20FNO. The Bertz CT molecular complexity index is 393. The van der Waals surface area contributed by atoms with E-state index in [1.807, 2.05) is 13.0 Å². The number of aliphatic hydroxyl groups is 1. The van der Waals surface area contributed by atoms with Crippen molar-refractivity contribution in [2.45, 2.75) is 43.6 Å². The molecule has 1 aromatic rings. The van der Waals surface area contributed by atoms with E-state index in [2.05, 4.69) is 0 Å². The van der Waals surface area contributed by atoms with E-state index in [-0.39, 0.29) is 11.2 Å². The Morgan fingerprint density at radius 1 is 1.29 bits per heavy atom. The summed E-state index contributed by atoms with van der Waals surface area (Å²) < 4.78 is 13.3. The summed E-state index contributed by atoms with van der Waals surface area (Å²) in [6, 6.07) is 6.70. The molecule has 0 radical (unpaired) electrons. The summed E-state index contributed by atoms with van der Waals surface area (Å²) in [7, 11) is 0. The summed E-state index contributed by atoms with van der Waals surface area (Å²) in [4.78, 5) is 0. The van der Waals surface area contributed by atoms with Crippen LogP contribution >= 0.6 is 0 Å². The van der Waals surface area contributed by atoms with E-state index in [0.29, 0.717) is 6.54 Å². The quantitative estimate of drug-likeness (QED) is 0.829. The van der Waals surface area contributed by atoms with Gasteiger partial charge in [-0.2, -0.15) is 0 Å². The fourth-order valence-corrected chi connectivity index (χ4v) is 2.70. The molecule has 0 unspecified atom stereocenters. The summed E-state index contributed by atoms with van der Waals surface area (Å²) in [6.45, 7) is 2.37. The van der Waals surface area contributed by atoms with Gasteiger partial charge in [-0.25, -0.2) is 4.39 Å². The van der Waals surface area contributed by atoms with Gasteiger partial charge in [0.05, 0.1) is 5.60 Å². The maximum absolute atomic E-state index is 13.3. The molecule has 2 nitrogen and oxygen atoms in total. The monoisotopic (exact) mass is 237 g/mol. The van der Waals surface area contributed by atoms with Crippen LogP contribution in [0.3, 0.4) is 0 Å². The number of halogens is 1. The molecule has 1 aromatic carbocycles. The molecule has 0 aromatic heterocycles. The van der Waals surface area contributed by atoms with E-state index < -0.39 is 5.60 Å². The molecule has 1 saturated carbocycles. The summed E-state index contributed by atoms with van der Waals surface area (Å²) in [5.74, 6) is -0.215. The minimum absolute atomic E-state index is 0.162. The summed E-state index contributed by atoms with van der Waals surface area (Å²) in [6.07, 6.45) is 3.08. The zero-order valence-electron chi connectivity index (χ0n) is 10.2. The SMILES string of the molecule is CC1(O)CCC(CN)(c2cccc(F)c2)CC1. The Morgan fingerprint density at radius 3 is 2.47 bits per heavy atom. The first kappa shape index (κ1) is 12.5. The average Bonchev–Trinajstić information content (AvgIpc) is 2.30. The second kappa shape index (κ2) is 4.39. The Hall–Kier alpha value is -0.930. The van der Waals surface area contributed by atoms with E-state index >= 15 is 0 Å². The van der Waals surface area contributed by atoms with Gasteiger partial charge in [-0.15, -0.1) is 0 Å². The molecule has 1 aliphatic rings. The first-order valence-corrected chi connectivity index (χ1v) is 6.16. The number of hydrogen-bond donors (Lipinski definition) is 2. The van der Waals surface area contributed by atoms with Crippen LogP contribution in [0.15, 0.2) is 24.3 Å². The topological polar surface area (TPSA) is 46.2 Å². The maximum Gasteiger partial charge on any atom is 0.123 e. The fourth-order valence-electron chi connectivity index (χ4n) is 2.70. The highest BCUT2D eigenvalue weighted by Gasteiger charge is 2.39. The average molecular weight is 237 g/mol. The third-order valence-corrected chi connectivity index (χ3v) is 4.11. The van der Waals surface area contributed by atoms with Gasteiger partial charge in [-0.3, -0.25) is 0 Å². The van der Waals surface area contributed by atoms with Gasteiger partial charge in [0, 0.05) is 12.0 Å². The van der Waals surface area contributed by atoms with Gasteiger partial charge in [0.1, 0.15) is 5.82 Å². The molecule has 0 spiro atoms. The zero-order chi connectivity index (χ0) is 12.5. The van der Waals surface area contributed by atoms with Crippen molar-refractivity contribution in [1.82, 2.24) is 0 Å². The predicted octanol–water partition coefficient (Wildman–Crippen LogP) is 2.35. The van der Waals surface area contributed by atoms with Crippen molar-refractivity contribution in [3.8, 4) is 0 Å². The maximum atomic E-state index is 13.3. The molecule has 2 rings (SSSR count). The standard InChI is InChI=1S/C14H20FNO/c1-13(17)5-7-14(10-16,8-6-13)11-3-2-4-12(15)9-11/h2-4,9,17H,5-8,10,16H2,1H3. The van der Waals surface area contributed by atoms with E-state index in [1.165, 1.54) is 6.07 Å². The molecule has 0 amide bonds. The smallest absolute Gasteiger partial charge is 0.123 e. The van der Waals surface area contributed by atoms with Crippen LogP contribution in [0.25, 0.3) is 0 Å². The molecule has 1 fully saturated rings. The van der Waals surface area contributed by atoms with Gasteiger partial charge in [0.2, 0.25) is 0 Å². The summed E-state index contributed by atoms with van der Waals surface area (Å²) >= 11 is 0. The Balaban J connectivity index is 2.27. The van der Waals surface area contributed by atoms with Crippen molar-refractivity contribution < 1.29 is 9.50 Å². The first-order valence-electron chi connectivity index (χ1n) is 6.16. The van der Waals surface area contributed by atoms with Gasteiger partial charge < -0.3 is 10.8 Å². The highest BCUT2D eigenvalue weighted by molar-refractivity contribution is 5.28. The molecule has 1 aliphatic carbocycles. The number of rotatable bonds is 2. The van der Waals surface area contributed by atoms with Crippen LogP contribution < -0.4 is 5.73 Å². The number of hydrogen-bond acceptors (Lipinski definition) is 2. The van der Waals surface area contributed by atoms with Crippen molar-refractivity contribution >= 4 is 0 Å². The van der Waals surface area contributed by atoms with Crippen LogP contribution in [-0.4, -0.2) is 17.3 Å². The van der Waals surface area contributed by atoms with E-state index in [4.69, 9.17) is 5.73 Å². The molecular weight excluding hydrogens is 217 g/mol. The molecule has 0 bridgehead atoms. The third kappa shape index (κ3) is 2.50. The molecule has 0 heterocycles. The minimum Gasteiger partial charge on any atom is -0.390 e. The molecule has 0 atom stereocenters. The van der Waals surface area contributed by atoms with E-state index in [9.17, 15) is 9.50 Å². The molecule has 94 valence electrons. The van der Waals surface area contributed by atoms with Gasteiger partial charge >= 0.3 is 0 Å². The second-order valence-electron chi connectivity index (χ2n) is 5.49. The highest BCUT2D eigenvalue weighted by Crippen LogP contribution is 2.42. The van der Waals surface area contributed by atoms with Crippen LogP contribution in [-0.2, 0) is 5.41 Å². The van der Waals surface area contributed by atoms with E-state index in [0.717, 1.165) is 31.2 Å². The van der Waals surface area contributed by atoms with Gasteiger partial charge in [-0.1, -0.05) is 12.1 Å². The van der Waals surface area contributed by atoms with Crippen LogP contribution in [0, 0.1) is 5.82 Å². The lowest BCUT2D eigenvalue weighted by Gasteiger charge is -2.42. The van der Waals surface area contributed by atoms with Crippen molar-refractivity contribution in [2.75, 3.05) is 6.54 Å². The lowest BCUT2D eigenvalue weighted by molar-refractivity contribution is 0.00140. The molecule has 3 heteroatoms. The van der Waals surface area contributed by atoms with Gasteiger partial charge in [0.25, 0.3) is 0 Å². The predicted molar refractivity (Wildman–Crippen MR) is 66.2 cm³/mol. The van der Waals surface area contributed by atoms with Crippen LogP contribution in [0.2, 0.25) is 0 Å². The van der Waals surface area contributed by atoms with Crippen molar-refractivity contribution in [3.05, 3.63) is 35.6 Å². The fraction of sp³-hybridized carbons (Fsp3) is 0.571. The van der Waals surface area contributed by atoms with Gasteiger partial charge in [0.15, 0.2) is 0 Å². The lowest BCUT2D eigenvalue weighted by atomic mass is 9.65. The number of benzene rings is 1. The van der Waals surface area contributed by atoms with Crippen LogP contribution in [0.1, 0.15) is 38.2 Å². The summed E-state index contributed by atoms with van der Waals surface area (Å²) in [5.41, 5.74) is 6.12. The van der Waals surface area contributed by atoms with Crippen LogP contribution in [0.4, 0.5) is 4.39 Å². The normalized spacial score (nSPS) is 33.6. The Kier molecular flexibility index (Phi) is 3.23. The molecule has 17 heavy (non-hydrogen) atoms. The number of nitrogens with two attached hydrogens (primary N) is 1. The molecule has 0 aliphatic heterocycles. The first-order chi connectivity index (χ1) is 7.97. The largest absolute Gasteiger partial charge is 0.390 e. The second-order valence-corrected chi connectivity index (χ2v) is 5.49. The Labute approximate surface area is 102 Å². The van der Waals surface area contributed by atoms with Crippen molar-refractivity contribution in [1.29, 1.82) is 0 Å². The van der Waals surface area contributed by atoms with Crippen LogP contribution in [0.5, 0.6) is 0 Å². The minimum atomic E-state index is -0.591.